The minimum atomic E-state index is -0.344. The lowest BCUT2D eigenvalue weighted by molar-refractivity contribution is 0.0961. The number of hydrogen-bond donors (Lipinski definition) is 1. The first-order chi connectivity index (χ1) is 12.7. The van der Waals surface area contributed by atoms with E-state index >= 15 is 0 Å². The fraction of sp³-hybridized carbons (Fsp3) is 0.381. The largest absolute Gasteiger partial charge is 0.494 e. The molecule has 1 fully saturated rings. The fourth-order valence-electron chi connectivity index (χ4n) is 3.84. The number of anilines is 1. The Labute approximate surface area is 158 Å². The highest BCUT2D eigenvalue weighted by atomic mass is 32.1. The van der Waals surface area contributed by atoms with E-state index in [0.29, 0.717) is 5.92 Å². The van der Waals surface area contributed by atoms with Crippen LogP contribution in [0.3, 0.4) is 0 Å². The SMILES string of the molecule is COc1cccc2c(C)cc(N3CCC(C(O)c4cccs4)CC3)nc12. The van der Waals surface area contributed by atoms with E-state index < -0.39 is 0 Å². The van der Waals surface area contributed by atoms with E-state index in [-0.39, 0.29) is 6.10 Å². The molecule has 4 rings (SSSR count). The molecule has 1 saturated heterocycles. The van der Waals surface area contributed by atoms with Gasteiger partial charge in [-0.3, -0.25) is 0 Å². The maximum Gasteiger partial charge on any atom is 0.145 e. The third-order valence-electron chi connectivity index (χ3n) is 5.36. The lowest BCUT2D eigenvalue weighted by Gasteiger charge is -2.35. The van der Waals surface area contributed by atoms with Crippen molar-refractivity contribution in [3.63, 3.8) is 0 Å². The summed E-state index contributed by atoms with van der Waals surface area (Å²) in [6.07, 6.45) is 1.61. The molecule has 0 saturated carbocycles. The summed E-state index contributed by atoms with van der Waals surface area (Å²) in [5.41, 5.74) is 2.13. The van der Waals surface area contributed by atoms with E-state index in [0.717, 1.165) is 53.3 Å². The van der Waals surface area contributed by atoms with Crippen LogP contribution in [0.4, 0.5) is 5.82 Å². The summed E-state index contributed by atoms with van der Waals surface area (Å²) >= 11 is 1.64. The number of aromatic nitrogens is 1. The first-order valence-electron chi connectivity index (χ1n) is 9.08. The Morgan fingerprint density at radius 3 is 2.73 bits per heavy atom. The van der Waals surface area contributed by atoms with Gasteiger partial charge >= 0.3 is 0 Å². The highest BCUT2D eigenvalue weighted by Crippen LogP contribution is 2.35. The van der Waals surface area contributed by atoms with E-state index in [1.807, 2.05) is 29.6 Å². The van der Waals surface area contributed by atoms with Crippen LogP contribution < -0.4 is 9.64 Å². The quantitative estimate of drug-likeness (QED) is 0.733. The van der Waals surface area contributed by atoms with Crippen molar-refractivity contribution in [3.05, 3.63) is 52.2 Å². The van der Waals surface area contributed by atoms with Crippen molar-refractivity contribution < 1.29 is 9.84 Å². The van der Waals surface area contributed by atoms with Gasteiger partial charge in [0, 0.05) is 23.4 Å². The van der Waals surface area contributed by atoms with Gasteiger partial charge in [-0.05, 0) is 54.8 Å². The van der Waals surface area contributed by atoms with Gasteiger partial charge in [-0.15, -0.1) is 11.3 Å². The summed E-state index contributed by atoms with van der Waals surface area (Å²) < 4.78 is 5.50. The summed E-state index contributed by atoms with van der Waals surface area (Å²) in [7, 11) is 1.69. The molecule has 0 aliphatic carbocycles. The maximum absolute atomic E-state index is 10.6. The van der Waals surface area contributed by atoms with Crippen LogP contribution in [0, 0.1) is 12.8 Å². The Bertz CT molecular complexity index is 886. The molecule has 0 amide bonds. The normalized spacial score (nSPS) is 16.8. The zero-order valence-electron chi connectivity index (χ0n) is 15.2. The molecule has 1 aromatic carbocycles. The summed E-state index contributed by atoms with van der Waals surface area (Å²) in [4.78, 5) is 8.30. The number of ether oxygens (including phenoxy) is 1. The van der Waals surface area contributed by atoms with Crippen LogP contribution in [0.2, 0.25) is 0 Å². The number of benzene rings is 1. The van der Waals surface area contributed by atoms with Crippen LogP contribution in [0.1, 0.15) is 29.4 Å². The Morgan fingerprint density at radius 2 is 2.04 bits per heavy atom. The number of hydrogen-bond acceptors (Lipinski definition) is 5. The number of aliphatic hydroxyl groups excluding tert-OH is 1. The van der Waals surface area contributed by atoms with Crippen molar-refractivity contribution in [2.45, 2.75) is 25.9 Å². The maximum atomic E-state index is 10.6. The topological polar surface area (TPSA) is 45.6 Å². The van der Waals surface area contributed by atoms with Crippen LogP contribution in [-0.4, -0.2) is 30.3 Å². The van der Waals surface area contributed by atoms with Gasteiger partial charge in [0.05, 0.1) is 13.2 Å². The molecule has 2 aromatic heterocycles. The van der Waals surface area contributed by atoms with Crippen molar-refractivity contribution in [1.29, 1.82) is 0 Å². The first kappa shape index (κ1) is 17.3. The molecule has 3 aromatic rings. The number of rotatable bonds is 4. The Morgan fingerprint density at radius 1 is 1.23 bits per heavy atom. The number of aliphatic hydroxyl groups is 1. The van der Waals surface area contributed by atoms with E-state index in [1.165, 1.54) is 5.56 Å². The summed E-state index contributed by atoms with van der Waals surface area (Å²) in [6, 6.07) is 12.3. The molecule has 1 N–H and O–H groups in total. The monoisotopic (exact) mass is 368 g/mol. The van der Waals surface area contributed by atoms with E-state index in [1.54, 1.807) is 18.4 Å². The molecule has 26 heavy (non-hydrogen) atoms. The molecular formula is C21H24N2O2S. The number of thiophene rings is 1. The van der Waals surface area contributed by atoms with Crippen LogP contribution in [0.5, 0.6) is 5.75 Å². The predicted molar refractivity (Wildman–Crippen MR) is 107 cm³/mol. The molecule has 0 radical (unpaired) electrons. The van der Waals surface area contributed by atoms with Gasteiger partial charge in [0.15, 0.2) is 0 Å². The Hall–Kier alpha value is -2.11. The van der Waals surface area contributed by atoms with Gasteiger partial charge in [0.1, 0.15) is 17.1 Å². The number of methoxy groups -OCH3 is 1. The zero-order chi connectivity index (χ0) is 18.1. The highest BCUT2D eigenvalue weighted by molar-refractivity contribution is 7.10. The van der Waals surface area contributed by atoms with Crippen molar-refractivity contribution in [1.82, 2.24) is 4.98 Å². The van der Waals surface area contributed by atoms with Gasteiger partial charge in [-0.1, -0.05) is 18.2 Å². The average molecular weight is 369 g/mol. The summed E-state index contributed by atoms with van der Waals surface area (Å²) in [5, 5.41) is 13.8. The van der Waals surface area contributed by atoms with Crippen molar-refractivity contribution >= 4 is 28.1 Å². The molecule has 0 spiro atoms. The number of pyridine rings is 1. The van der Waals surface area contributed by atoms with Crippen molar-refractivity contribution in [2.75, 3.05) is 25.1 Å². The van der Waals surface area contributed by atoms with Gasteiger partial charge in [-0.25, -0.2) is 4.98 Å². The van der Waals surface area contributed by atoms with Crippen LogP contribution in [0.15, 0.2) is 41.8 Å². The number of para-hydroxylation sites is 1. The second-order valence-corrected chi connectivity index (χ2v) is 7.92. The molecule has 1 unspecified atom stereocenters. The number of nitrogens with zero attached hydrogens (tertiary/aromatic N) is 2. The molecule has 0 bridgehead atoms. The first-order valence-corrected chi connectivity index (χ1v) is 9.96. The second-order valence-electron chi connectivity index (χ2n) is 6.94. The highest BCUT2D eigenvalue weighted by Gasteiger charge is 2.27. The van der Waals surface area contributed by atoms with E-state index in [4.69, 9.17) is 9.72 Å². The van der Waals surface area contributed by atoms with Crippen LogP contribution in [0.25, 0.3) is 10.9 Å². The van der Waals surface area contributed by atoms with Crippen molar-refractivity contribution in [2.24, 2.45) is 5.92 Å². The third kappa shape index (κ3) is 3.17. The molecule has 4 nitrogen and oxygen atoms in total. The smallest absolute Gasteiger partial charge is 0.145 e. The van der Waals surface area contributed by atoms with Crippen molar-refractivity contribution in [3.8, 4) is 5.75 Å². The molecule has 136 valence electrons. The lowest BCUT2D eigenvalue weighted by atomic mass is 9.90. The number of fused-ring (bicyclic) bond motifs is 1. The minimum Gasteiger partial charge on any atom is -0.494 e. The van der Waals surface area contributed by atoms with Gasteiger partial charge in [0.2, 0.25) is 0 Å². The summed E-state index contributed by atoms with van der Waals surface area (Å²) in [5.74, 6) is 2.14. The Kier molecular flexibility index (Phi) is 4.83. The second kappa shape index (κ2) is 7.25. The average Bonchev–Trinajstić information content (AvgIpc) is 3.22. The number of piperidine rings is 1. The molecule has 1 aliphatic rings. The van der Waals surface area contributed by atoms with Gasteiger partial charge < -0.3 is 14.7 Å². The van der Waals surface area contributed by atoms with Crippen LogP contribution >= 0.6 is 11.3 Å². The zero-order valence-corrected chi connectivity index (χ0v) is 16.0. The fourth-order valence-corrected chi connectivity index (χ4v) is 4.64. The molecule has 1 aliphatic heterocycles. The lowest BCUT2D eigenvalue weighted by Crippen LogP contribution is -2.36. The standard InChI is InChI=1S/C21H24N2O2S/c1-14-13-19(22-20-16(14)5-3-6-17(20)25-2)23-10-8-15(9-11-23)21(24)18-7-4-12-26-18/h3-7,12-13,15,21,24H,8-11H2,1-2H3. The molecule has 3 heterocycles. The molecule has 5 heteroatoms. The van der Waals surface area contributed by atoms with E-state index in [2.05, 4.69) is 24.0 Å². The number of aryl methyl sites for hydroxylation is 1. The Balaban J connectivity index is 1.54. The molecular weight excluding hydrogens is 344 g/mol. The summed E-state index contributed by atoms with van der Waals surface area (Å²) in [6.45, 7) is 3.96. The van der Waals surface area contributed by atoms with E-state index in [9.17, 15) is 5.11 Å². The van der Waals surface area contributed by atoms with Gasteiger partial charge in [0.25, 0.3) is 0 Å². The van der Waals surface area contributed by atoms with Gasteiger partial charge in [-0.2, -0.15) is 0 Å². The molecule has 1 atom stereocenters. The predicted octanol–water partition coefficient (Wildman–Crippen LogP) is 4.56. The van der Waals surface area contributed by atoms with Crippen LogP contribution in [-0.2, 0) is 0 Å². The third-order valence-corrected chi connectivity index (χ3v) is 6.30. The minimum absolute atomic E-state index is 0.320.